The number of carbonyl (C=O) groups is 1. The zero-order valence-electron chi connectivity index (χ0n) is 9.57. The maximum Gasteiger partial charge on any atom is 0.220 e. The van der Waals surface area contributed by atoms with Gasteiger partial charge in [0.1, 0.15) is 0 Å². The second kappa shape index (κ2) is 5.12. The molecule has 16 heavy (non-hydrogen) atoms. The number of aromatic nitrogens is 2. The van der Waals surface area contributed by atoms with E-state index in [-0.39, 0.29) is 5.91 Å². The maximum atomic E-state index is 11.1. The zero-order chi connectivity index (χ0) is 11.4. The van der Waals surface area contributed by atoms with E-state index in [1.165, 1.54) is 5.69 Å². The molecule has 2 heterocycles. The monoisotopic (exact) mass is 222 g/mol. The molecular weight excluding hydrogens is 204 g/mol. The van der Waals surface area contributed by atoms with Gasteiger partial charge in [-0.3, -0.25) is 4.79 Å². The molecule has 0 aliphatic carbocycles. The van der Waals surface area contributed by atoms with Crippen LogP contribution in [0.15, 0.2) is 12.5 Å². The molecule has 1 amide bonds. The topological polar surface area (TPSA) is 59.0 Å². The normalized spacial score (nSPS) is 20.8. The molecule has 1 aromatic rings. The molecule has 1 aliphatic heterocycles. The molecule has 1 fully saturated rings. The highest BCUT2D eigenvalue weighted by molar-refractivity contribution is 5.76. The Kier molecular flexibility index (Phi) is 3.56. The molecule has 88 valence electrons. The molecule has 1 saturated heterocycles. The van der Waals surface area contributed by atoms with E-state index in [4.69, 9.17) is 0 Å². The highest BCUT2D eigenvalue weighted by Crippen LogP contribution is 2.18. The van der Waals surface area contributed by atoms with E-state index in [0.29, 0.717) is 19.0 Å². The number of hydrogen-bond donors (Lipinski definition) is 2. The van der Waals surface area contributed by atoms with Gasteiger partial charge in [0, 0.05) is 25.7 Å². The van der Waals surface area contributed by atoms with Crippen LogP contribution in [0.3, 0.4) is 0 Å². The fourth-order valence-electron chi connectivity index (χ4n) is 2.01. The van der Waals surface area contributed by atoms with Gasteiger partial charge in [-0.2, -0.15) is 0 Å². The molecule has 1 unspecified atom stereocenters. The summed E-state index contributed by atoms with van der Waals surface area (Å²) in [5, 5.41) is 6.19. The summed E-state index contributed by atoms with van der Waals surface area (Å²) in [4.78, 5) is 15.3. The largest absolute Gasteiger partial charge is 0.354 e. The lowest BCUT2D eigenvalue weighted by Gasteiger charge is -2.25. The standard InChI is InChI=1S/C11H18N4O/c1-2-12-5-10-6-13-8-15(10)9-3-4-11(16)14-7-9/h6,8-9,12H,2-5,7H2,1H3,(H,14,16). The van der Waals surface area contributed by atoms with E-state index < -0.39 is 0 Å². The average Bonchev–Trinajstić information content (AvgIpc) is 2.75. The van der Waals surface area contributed by atoms with Crippen LogP contribution in [-0.2, 0) is 11.3 Å². The molecule has 2 N–H and O–H groups in total. The first-order valence-corrected chi connectivity index (χ1v) is 5.79. The first kappa shape index (κ1) is 11.1. The molecule has 0 spiro atoms. The van der Waals surface area contributed by atoms with Crippen LogP contribution in [0.2, 0.25) is 0 Å². The number of imidazole rings is 1. The SMILES string of the molecule is CCNCc1cncn1C1CCC(=O)NC1. The van der Waals surface area contributed by atoms with Gasteiger partial charge in [-0.05, 0) is 13.0 Å². The highest BCUT2D eigenvalue weighted by atomic mass is 16.1. The number of rotatable bonds is 4. The van der Waals surface area contributed by atoms with Gasteiger partial charge in [0.25, 0.3) is 0 Å². The number of piperidine rings is 1. The first-order valence-electron chi connectivity index (χ1n) is 5.79. The summed E-state index contributed by atoms with van der Waals surface area (Å²) in [6, 6.07) is 0.355. The Morgan fingerprint density at radius 2 is 2.56 bits per heavy atom. The minimum Gasteiger partial charge on any atom is -0.354 e. The van der Waals surface area contributed by atoms with Crippen LogP contribution in [-0.4, -0.2) is 28.5 Å². The van der Waals surface area contributed by atoms with Crippen molar-refractivity contribution in [1.29, 1.82) is 0 Å². The van der Waals surface area contributed by atoms with Crippen molar-refractivity contribution in [3.8, 4) is 0 Å². The van der Waals surface area contributed by atoms with E-state index in [1.54, 1.807) is 0 Å². The molecule has 1 atom stereocenters. The quantitative estimate of drug-likeness (QED) is 0.777. The summed E-state index contributed by atoms with van der Waals surface area (Å²) >= 11 is 0. The van der Waals surface area contributed by atoms with Crippen LogP contribution in [0.1, 0.15) is 31.5 Å². The third-order valence-electron chi connectivity index (χ3n) is 2.94. The number of carbonyl (C=O) groups excluding carboxylic acids is 1. The van der Waals surface area contributed by atoms with E-state index >= 15 is 0 Å². The molecule has 2 rings (SSSR count). The van der Waals surface area contributed by atoms with Crippen molar-refractivity contribution < 1.29 is 4.79 Å². The molecule has 5 nitrogen and oxygen atoms in total. The number of nitrogens with zero attached hydrogens (tertiary/aromatic N) is 2. The van der Waals surface area contributed by atoms with E-state index in [2.05, 4.69) is 27.1 Å². The highest BCUT2D eigenvalue weighted by Gasteiger charge is 2.20. The predicted molar refractivity (Wildman–Crippen MR) is 60.9 cm³/mol. The van der Waals surface area contributed by atoms with Crippen molar-refractivity contribution >= 4 is 5.91 Å². The fraction of sp³-hybridized carbons (Fsp3) is 0.636. The Bertz CT molecular complexity index is 351. The van der Waals surface area contributed by atoms with E-state index in [0.717, 1.165) is 19.5 Å². The fourth-order valence-corrected chi connectivity index (χ4v) is 2.01. The average molecular weight is 222 g/mol. The minimum atomic E-state index is 0.157. The molecule has 1 aliphatic rings. The number of nitrogens with one attached hydrogen (secondary N) is 2. The lowest BCUT2D eigenvalue weighted by atomic mass is 10.1. The van der Waals surface area contributed by atoms with Crippen LogP contribution in [0.4, 0.5) is 0 Å². The summed E-state index contributed by atoms with van der Waals surface area (Å²) < 4.78 is 2.17. The van der Waals surface area contributed by atoms with Gasteiger partial charge in [-0.25, -0.2) is 4.98 Å². The molecule has 0 aromatic carbocycles. The third-order valence-corrected chi connectivity index (χ3v) is 2.94. The van der Waals surface area contributed by atoms with Gasteiger partial charge in [0.05, 0.1) is 18.1 Å². The van der Waals surface area contributed by atoms with Gasteiger partial charge in [-0.1, -0.05) is 6.92 Å². The van der Waals surface area contributed by atoms with Crippen LogP contribution in [0, 0.1) is 0 Å². The smallest absolute Gasteiger partial charge is 0.220 e. The van der Waals surface area contributed by atoms with Crippen LogP contribution in [0.5, 0.6) is 0 Å². The molecule has 1 aromatic heterocycles. The van der Waals surface area contributed by atoms with Crippen LogP contribution in [0.25, 0.3) is 0 Å². The van der Waals surface area contributed by atoms with Gasteiger partial charge in [0.15, 0.2) is 0 Å². The van der Waals surface area contributed by atoms with Crippen molar-refractivity contribution in [3.05, 3.63) is 18.2 Å². The summed E-state index contributed by atoms with van der Waals surface area (Å²) in [5.74, 6) is 0.157. The Morgan fingerprint density at radius 3 is 3.25 bits per heavy atom. The van der Waals surface area contributed by atoms with Crippen molar-refractivity contribution in [1.82, 2.24) is 20.2 Å². The molecule has 0 bridgehead atoms. The van der Waals surface area contributed by atoms with Gasteiger partial charge in [-0.15, -0.1) is 0 Å². The van der Waals surface area contributed by atoms with Crippen LogP contribution < -0.4 is 10.6 Å². The Balaban J connectivity index is 2.02. The third kappa shape index (κ3) is 2.41. The molecule has 5 heteroatoms. The first-order chi connectivity index (χ1) is 7.81. The zero-order valence-corrected chi connectivity index (χ0v) is 9.57. The Labute approximate surface area is 95.2 Å². The Morgan fingerprint density at radius 1 is 1.69 bits per heavy atom. The van der Waals surface area contributed by atoms with Gasteiger partial charge < -0.3 is 15.2 Å². The van der Waals surface area contributed by atoms with Crippen molar-refractivity contribution in [2.75, 3.05) is 13.1 Å². The van der Waals surface area contributed by atoms with Gasteiger partial charge >= 0.3 is 0 Å². The second-order valence-corrected chi connectivity index (χ2v) is 4.07. The summed E-state index contributed by atoms with van der Waals surface area (Å²) in [5.41, 5.74) is 1.18. The predicted octanol–water partition coefficient (Wildman–Crippen LogP) is 0.444. The lowest BCUT2D eigenvalue weighted by molar-refractivity contribution is -0.122. The molecule has 0 saturated carbocycles. The minimum absolute atomic E-state index is 0.157. The van der Waals surface area contributed by atoms with Crippen molar-refractivity contribution in [2.45, 2.75) is 32.4 Å². The Hall–Kier alpha value is -1.36. The second-order valence-electron chi connectivity index (χ2n) is 4.07. The van der Waals surface area contributed by atoms with Gasteiger partial charge in [0.2, 0.25) is 5.91 Å². The van der Waals surface area contributed by atoms with Crippen LogP contribution >= 0.6 is 0 Å². The maximum absolute atomic E-state index is 11.1. The summed E-state index contributed by atoms with van der Waals surface area (Å²) in [7, 11) is 0. The number of hydrogen-bond acceptors (Lipinski definition) is 3. The molecule has 0 radical (unpaired) electrons. The van der Waals surface area contributed by atoms with E-state index in [1.807, 2.05) is 12.5 Å². The van der Waals surface area contributed by atoms with Crippen molar-refractivity contribution in [2.24, 2.45) is 0 Å². The lowest BCUT2D eigenvalue weighted by Crippen LogP contribution is -2.36. The summed E-state index contributed by atoms with van der Waals surface area (Å²) in [6.07, 6.45) is 5.26. The van der Waals surface area contributed by atoms with E-state index in [9.17, 15) is 4.79 Å². The summed E-state index contributed by atoms with van der Waals surface area (Å²) in [6.45, 7) is 4.59. The molecular formula is C11H18N4O. The number of amides is 1. The van der Waals surface area contributed by atoms with Crippen molar-refractivity contribution in [3.63, 3.8) is 0 Å².